The Hall–Kier alpha value is -2.86. The Labute approximate surface area is 218 Å². The zero-order valence-corrected chi connectivity index (χ0v) is 22.2. The summed E-state index contributed by atoms with van der Waals surface area (Å²) in [6, 6.07) is 5.93. The number of halogens is 5. The molecule has 204 valence electrons. The van der Waals surface area contributed by atoms with Gasteiger partial charge in [-0.05, 0) is 56.2 Å². The van der Waals surface area contributed by atoms with Crippen molar-refractivity contribution in [2.24, 2.45) is 0 Å². The van der Waals surface area contributed by atoms with E-state index in [9.17, 15) is 35.6 Å². The average molecular weight is 566 g/mol. The minimum atomic E-state index is -4.79. The highest BCUT2D eigenvalue weighted by Crippen LogP contribution is 2.36. The largest absolute Gasteiger partial charge is 0.416 e. The Bertz CT molecular complexity index is 1220. The first kappa shape index (κ1) is 30.4. The van der Waals surface area contributed by atoms with Crippen molar-refractivity contribution in [3.63, 3.8) is 0 Å². The molecule has 0 spiro atoms. The Morgan fingerprint density at radius 3 is 2.19 bits per heavy atom. The van der Waals surface area contributed by atoms with Gasteiger partial charge in [-0.25, -0.2) is 12.8 Å². The van der Waals surface area contributed by atoms with Crippen LogP contribution in [0.5, 0.6) is 0 Å². The van der Waals surface area contributed by atoms with E-state index in [4.69, 9.17) is 11.6 Å². The van der Waals surface area contributed by atoms with Crippen LogP contribution in [0.1, 0.15) is 38.3 Å². The number of sulfonamides is 1. The van der Waals surface area contributed by atoms with E-state index in [1.807, 2.05) is 6.92 Å². The first-order valence-corrected chi connectivity index (χ1v) is 13.5. The topological polar surface area (TPSA) is 86.8 Å². The summed E-state index contributed by atoms with van der Waals surface area (Å²) in [7, 11) is -4.29. The molecular weight excluding hydrogens is 538 g/mol. The van der Waals surface area contributed by atoms with Crippen LogP contribution >= 0.6 is 11.6 Å². The molecule has 0 bridgehead atoms. The molecule has 0 fully saturated rings. The predicted octanol–water partition coefficient (Wildman–Crippen LogP) is 4.60. The molecule has 0 radical (unpaired) electrons. The molecule has 37 heavy (non-hydrogen) atoms. The van der Waals surface area contributed by atoms with E-state index in [0.717, 1.165) is 29.4 Å². The lowest BCUT2D eigenvalue weighted by Crippen LogP contribution is -2.52. The van der Waals surface area contributed by atoms with Gasteiger partial charge in [0.1, 0.15) is 18.4 Å². The second-order valence-electron chi connectivity index (χ2n) is 8.58. The molecule has 1 N–H and O–H groups in total. The number of benzene rings is 2. The van der Waals surface area contributed by atoms with Crippen molar-refractivity contribution in [1.29, 1.82) is 0 Å². The summed E-state index contributed by atoms with van der Waals surface area (Å²) >= 11 is 6.04. The van der Waals surface area contributed by atoms with Crippen molar-refractivity contribution in [3.05, 3.63) is 64.4 Å². The van der Waals surface area contributed by atoms with Gasteiger partial charge in [0, 0.05) is 12.6 Å². The smallest absolute Gasteiger partial charge is 0.352 e. The summed E-state index contributed by atoms with van der Waals surface area (Å²) in [6.45, 7) is 3.92. The van der Waals surface area contributed by atoms with E-state index in [1.54, 1.807) is 6.92 Å². The number of anilines is 1. The van der Waals surface area contributed by atoms with Crippen LogP contribution in [-0.2, 0) is 32.3 Å². The molecule has 0 heterocycles. The van der Waals surface area contributed by atoms with Gasteiger partial charge < -0.3 is 10.2 Å². The van der Waals surface area contributed by atoms with Crippen LogP contribution in [0.3, 0.4) is 0 Å². The van der Waals surface area contributed by atoms with E-state index in [0.29, 0.717) is 28.4 Å². The van der Waals surface area contributed by atoms with E-state index >= 15 is 0 Å². The number of alkyl halides is 3. The van der Waals surface area contributed by atoms with Gasteiger partial charge >= 0.3 is 6.18 Å². The normalized spacial score (nSPS) is 13.5. The van der Waals surface area contributed by atoms with E-state index in [1.165, 1.54) is 19.1 Å². The van der Waals surface area contributed by atoms with Crippen LogP contribution in [0.15, 0.2) is 42.5 Å². The first-order chi connectivity index (χ1) is 17.0. The van der Waals surface area contributed by atoms with Crippen LogP contribution in [0, 0.1) is 5.82 Å². The molecule has 0 aromatic heterocycles. The van der Waals surface area contributed by atoms with Crippen molar-refractivity contribution in [1.82, 2.24) is 10.2 Å². The van der Waals surface area contributed by atoms with E-state index in [-0.39, 0.29) is 17.6 Å². The van der Waals surface area contributed by atoms with Gasteiger partial charge in [-0.1, -0.05) is 30.7 Å². The van der Waals surface area contributed by atoms with Crippen molar-refractivity contribution in [2.45, 2.75) is 52.0 Å². The molecule has 0 aliphatic heterocycles. The molecule has 13 heteroatoms. The fourth-order valence-corrected chi connectivity index (χ4v) is 4.43. The molecule has 0 saturated heterocycles. The zero-order chi connectivity index (χ0) is 28.1. The van der Waals surface area contributed by atoms with Crippen molar-refractivity contribution in [2.75, 3.05) is 17.1 Å². The SMILES string of the molecule is CC[C@@H](C)NC(=O)[C@H](C)N(Cc1ccc(F)cc1)C(=O)CN(c1cc(C(F)(F)F)ccc1Cl)S(C)(=O)=O. The van der Waals surface area contributed by atoms with Crippen LogP contribution in [0.2, 0.25) is 5.02 Å². The Balaban J connectivity index is 2.49. The van der Waals surface area contributed by atoms with Gasteiger partial charge in [0.05, 0.1) is 22.5 Å². The fraction of sp³-hybridized carbons (Fsp3) is 0.417. The number of rotatable bonds is 10. The molecule has 2 aromatic carbocycles. The Morgan fingerprint density at radius 1 is 1.08 bits per heavy atom. The molecular formula is C24H28ClF4N3O4S. The third-order valence-electron chi connectivity index (χ3n) is 5.66. The molecule has 0 aliphatic carbocycles. The highest BCUT2D eigenvalue weighted by molar-refractivity contribution is 7.92. The maximum Gasteiger partial charge on any atom is 0.416 e. The van der Waals surface area contributed by atoms with Crippen LogP contribution in [0.4, 0.5) is 23.2 Å². The predicted molar refractivity (Wildman–Crippen MR) is 133 cm³/mol. The number of nitrogens with one attached hydrogen (secondary N) is 1. The minimum Gasteiger partial charge on any atom is -0.352 e. The van der Waals surface area contributed by atoms with Gasteiger partial charge in [0.25, 0.3) is 0 Å². The van der Waals surface area contributed by atoms with Crippen LogP contribution in [0.25, 0.3) is 0 Å². The monoisotopic (exact) mass is 565 g/mol. The summed E-state index contributed by atoms with van der Waals surface area (Å²) in [5.41, 5.74) is -1.25. The molecule has 2 aromatic rings. The molecule has 0 saturated carbocycles. The maximum atomic E-state index is 13.4. The second kappa shape index (κ2) is 12.1. The van der Waals surface area contributed by atoms with Gasteiger partial charge in [0.15, 0.2) is 0 Å². The highest BCUT2D eigenvalue weighted by atomic mass is 35.5. The summed E-state index contributed by atoms with van der Waals surface area (Å²) in [5, 5.41) is 2.42. The van der Waals surface area contributed by atoms with Crippen LogP contribution < -0.4 is 9.62 Å². The molecule has 0 aliphatic rings. The minimum absolute atomic E-state index is 0.192. The van der Waals surface area contributed by atoms with Gasteiger partial charge in [-0.15, -0.1) is 0 Å². The van der Waals surface area contributed by atoms with Gasteiger partial charge in [-0.2, -0.15) is 13.2 Å². The number of hydrogen-bond acceptors (Lipinski definition) is 4. The summed E-state index contributed by atoms with van der Waals surface area (Å²) in [6.07, 6.45) is -3.45. The standard InChI is InChI=1S/C24H28ClF4N3O4S/c1-5-15(2)30-23(34)16(3)31(13-17-6-9-19(26)10-7-17)22(33)14-32(37(4,35)36)21-12-18(24(27,28)29)8-11-20(21)25/h6-12,15-16H,5,13-14H2,1-4H3,(H,30,34)/t15-,16+/m1/s1. The quantitative estimate of drug-likeness (QED) is 0.427. The van der Waals surface area contributed by atoms with Gasteiger partial charge in [0.2, 0.25) is 21.8 Å². The third kappa shape index (κ3) is 8.32. The van der Waals surface area contributed by atoms with E-state index in [2.05, 4.69) is 5.32 Å². The lowest BCUT2D eigenvalue weighted by atomic mass is 10.1. The maximum absolute atomic E-state index is 13.4. The molecule has 2 atom stereocenters. The number of nitrogens with zero attached hydrogens (tertiary/aromatic N) is 2. The summed E-state index contributed by atoms with van der Waals surface area (Å²) < 4.78 is 78.9. The number of carbonyl (C=O) groups is 2. The zero-order valence-electron chi connectivity index (χ0n) is 20.6. The molecule has 7 nitrogen and oxygen atoms in total. The van der Waals surface area contributed by atoms with Crippen molar-refractivity contribution >= 4 is 39.1 Å². The van der Waals surface area contributed by atoms with Crippen molar-refractivity contribution in [3.8, 4) is 0 Å². The number of carbonyl (C=O) groups excluding carboxylic acids is 2. The van der Waals surface area contributed by atoms with Gasteiger partial charge in [-0.3, -0.25) is 13.9 Å². The molecule has 2 rings (SSSR count). The highest BCUT2D eigenvalue weighted by Gasteiger charge is 2.34. The number of amides is 2. The third-order valence-corrected chi connectivity index (χ3v) is 7.10. The second-order valence-corrected chi connectivity index (χ2v) is 10.9. The summed E-state index contributed by atoms with van der Waals surface area (Å²) in [4.78, 5) is 27.3. The average Bonchev–Trinajstić information content (AvgIpc) is 2.80. The van der Waals surface area contributed by atoms with Crippen LogP contribution in [-0.4, -0.2) is 50.0 Å². The lowest BCUT2D eigenvalue weighted by molar-refractivity contribution is -0.139. The first-order valence-electron chi connectivity index (χ1n) is 11.2. The summed E-state index contributed by atoms with van der Waals surface area (Å²) in [5.74, 6) is -1.92. The number of hydrogen-bond donors (Lipinski definition) is 1. The Kier molecular flexibility index (Phi) is 9.95. The lowest BCUT2D eigenvalue weighted by Gasteiger charge is -2.32. The fourth-order valence-electron chi connectivity index (χ4n) is 3.31. The molecule has 2 amide bonds. The molecule has 0 unspecified atom stereocenters. The van der Waals surface area contributed by atoms with E-state index < -0.39 is 57.7 Å². The van der Waals surface area contributed by atoms with Crippen molar-refractivity contribution < 1.29 is 35.6 Å². The Morgan fingerprint density at radius 2 is 1.68 bits per heavy atom.